The topological polar surface area (TPSA) is 45.0 Å². The van der Waals surface area contributed by atoms with Crippen molar-refractivity contribution in [1.82, 2.24) is 0 Å². The van der Waals surface area contributed by atoms with Crippen LogP contribution in [0.25, 0.3) is 0 Å². The van der Waals surface area contributed by atoms with E-state index in [1.165, 1.54) is 18.6 Å². The van der Waals surface area contributed by atoms with Crippen LogP contribution < -0.4 is 0 Å². The van der Waals surface area contributed by atoms with E-state index >= 15 is 0 Å². The predicted octanol–water partition coefficient (Wildman–Crippen LogP) is 2.70. The molecule has 1 rings (SSSR count). The average Bonchev–Trinajstić information content (AvgIpc) is 3.14. The second-order valence-electron chi connectivity index (χ2n) is 4.90. The summed E-state index contributed by atoms with van der Waals surface area (Å²) in [6, 6.07) is 0. The molecule has 1 aliphatic rings. The highest BCUT2D eigenvalue weighted by Crippen LogP contribution is 2.28. The Hall–Kier alpha value is -0.410. The fraction of sp³-hybridized carbons (Fsp3) is 0.846. The molecule has 0 heterocycles. The summed E-state index contributed by atoms with van der Waals surface area (Å²) in [5, 5.41) is 9.27. The molecule has 1 fully saturated rings. The van der Waals surface area contributed by atoms with Crippen molar-refractivity contribution in [2.45, 2.75) is 45.6 Å². The van der Waals surface area contributed by atoms with Gasteiger partial charge in [0.25, 0.3) is 0 Å². The second-order valence-corrected chi connectivity index (χ2v) is 5.21. The van der Waals surface area contributed by atoms with Gasteiger partial charge in [-0.3, -0.25) is 9.98 Å². The van der Waals surface area contributed by atoms with E-state index in [0.29, 0.717) is 6.54 Å². The predicted molar refractivity (Wildman–Crippen MR) is 74.6 cm³/mol. The minimum Gasteiger partial charge on any atom is -0.390 e. The van der Waals surface area contributed by atoms with E-state index < -0.39 is 6.10 Å². The molecule has 0 aromatic carbocycles. The molecule has 1 aliphatic carbocycles. The first-order valence-corrected chi connectivity index (χ1v) is 6.89. The van der Waals surface area contributed by atoms with Crippen LogP contribution >= 0.6 is 11.6 Å². The van der Waals surface area contributed by atoms with Crippen molar-refractivity contribution >= 4 is 23.0 Å². The van der Waals surface area contributed by atoms with Gasteiger partial charge < -0.3 is 5.11 Å². The summed E-state index contributed by atoms with van der Waals surface area (Å²) in [7, 11) is 0. The smallest absolute Gasteiger partial charge is 0.0870 e. The highest BCUT2D eigenvalue weighted by atomic mass is 35.5. The lowest BCUT2D eigenvalue weighted by Crippen LogP contribution is -2.13. The summed E-state index contributed by atoms with van der Waals surface area (Å²) in [4.78, 5) is 8.86. The number of hydrogen-bond donors (Lipinski definition) is 1. The first-order valence-electron chi connectivity index (χ1n) is 6.35. The molecule has 4 heteroatoms. The number of rotatable bonds is 8. The molecule has 1 saturated carbocycles. The lowest BCUT2D eigenvalue weighted by Gasteiger charge is -2.04. The molecule has 0 aromatic rings. The first kappa shape index (κ1) is 14.7. The summed E-state index contributed by atoms with van der Waals surface area (Å²) in [6.45, 7) is 5.50. The number of hydrogen-bond acceptors (Lipinski definition) is 3. The molecule has 1 atom stereocenters. The van der Waals surface area contributed by atoms with Crippen LogP contribution in [-0.2, 0) is 0 Å². The summed E-state index contributed by atoms with van der Waals surface area (Å²) >= 11 is 5.50. The van der Waals surface area contributed by atoms with E-state index in [1.54, 1.807) is 0 Å². The fourth-order valence-electron chi connectivity index (χ4n) is 1.42. The second kappa shape index (κ2) is 7.83. The van der Waals surface area contributed by atoms with Crippen molar-refractivity contribution in [3.05, 3.63) is 0 Å². The van der Waals surface area contributed by atoms with Crippen LogP contribution in [0.4, 0.5) is 0 Å². The zero-order valence-corrected chi connectivity index (χ0v) is 11.6. The summed E-state index contributed by atoms with van der Waals surface area (Å²) in [6.07, 6.45) is 4.09. The fourth-order valence-corrected chi connectivity index (χ4v) is 1.51. The number of halogens is 1. The maximum atomic E-state index is 9.27. The molecular weight excluding hydrogens is 236 g/mol. The minimum absolute atomic E-state index is 0.249. The normalized spacial score (nSPS) is 19.5. The Labute approximate surface area is 109 Å². The molecule has 0 spiro atoms. The van der Waals surface area contributed by atoms with E-state index in [9.17, 15) is 5.11 Å². The molecule has 1 unspecified atom stereocenters. The van der Waals surface area contributed by atoms with E-state index in [4.69, 9.17) is 11.6 Å². The van der Waals surface area contributed by atoms with Crippen LogP contribution in [0.15, 0.2) is 9.98 Å². The van der Waals surface area contributed by atoms with Gasteiger partial charge in [0.05, 0.1) is 18.5 Å². The third-order valence-electron chi connectivity index (χ3n) is 2.92. The van der Waals surface area contributed by atoms with Crippen LogP contribution in [0.1, 0.15) is 39.5 Å². The van der Waals surface area contributed by atoms with Gasteiger partial charge in [-0.2, -0.15) is 0 Å². The van der Waals surface area contributed by atoms with Gasteiger partial charge in [0.1, 0.15) is 0 Å². The van der Waals surface area contributed by atoms with Crippen molar-refractivity contribution in [3.8, 4) is 0 Å². The standard InChI is InChI=1S/C13H23ClN2O/c1-10(15-8-12-5-6-12)3-4-11(2)16-9-13(17)7-14/h12-13,17H,3-9H2,1-2H3. The van der Waals surface area contributed by atoms with Crippen molar-refractivity contribution in [3.63, 3.8) is 0 Å². The molecule has 1 N–H and O–H groups in total. The lowest BCUT2D eigenvalue weighted by atomic mass is 10.1. The maximum Gasteiger partial charge on any atom is 0.0870 e. The Balaban J connectivity index is 2.16. The summed E-state index contributed by atoms with van der Waals surface area (Å²) < 4.78 is 0. The zero-order valence-electron chi connectivity index (χ0n) is 10.8. The average molecular weight is 259 g/mol. The highest BCUT2D eigenvalue weighted by Gasteiger charge is 2.20. The Morgan fingerprint density at radius 3 is 2.35 bits per heavy atom. The van der Waals surface area contributed by atoms with E-state index in [-0.39, 0.29) is 5.88 Å². The van der Waals surface area contributed by atoms with Gasteiger partial charge in [-0.25, -0.2) is 0 Å². The summed E-state index contributed by atoms with van der Waals surface area (Å²) in [5.41, 5.74) is 2.28. The molecule has 17 heavy (non-hydrogen) atoms. The summed E-state index contributed by atoms with van der Waals surface area (Å²) in [5.74, 6) is 1.11. The van der Waals surface area contributed by atoms with E-state index in [0.717, 1.165) is 31.0 Å². The Kier molecular flexibility index (Phi) is 6.75. The van der Waals surface area contributed by atoms with Crippen LogP contribution in [-0.4, -0.2) is 41.6 Å². The molecule has 0 amide bonds. The molecule has 0 saturated heterocycles. The molecule has 98 valence electrons. The SMILES string of the molecule is CC(CCC(C)=NCC1CC1)=NCC(O)CCl. The third kappa shape index (κ3) is 7.50. The van der Waals surface area contributed by atoms with Crippen LogP contribution in [0.3, 0.4) is 0 Å². The lowest BCUT2D eigenvalue weighted by molar-refractivity contribution is 0.207. The van der Waals surface area contributed by atoms with Gasteiger partial charge in [0, 0.05) is 18.0 Å². The molecule has 0 bridgehead atoms. The van der Waals surface area contributed by atoms with Crippen molar-refractivity contribution in [2.75, 3.05) is 19.0 Å². The van der Waals surface area contributed by atoms with Gasteiger partial charge in [-0.15, -0.1) is 11.6 Å². The number of aliphatic hydroxyl groups is 1. The van der Waals surface area contributed by atoms with E-state index in [1.807, 2.05) is 6.92 Å². The van der Waals surface area contributed by atoms with Crippen molar-refractivity contribution < 1.29 is 5.11 Å². The van der Waals surface area contributed by atoms with Gasteiger partial charge >= 0.3 is 0 Å². The van der Waals surface area contributed by atoms with Gasteiger partial charge in [0.15, 0.2) is 0 Å². The highest BCUT2D eigenvalue weighted by molar-refractivity contribution is 6.18. The van der Waals surface area contributed by atoms with Crippen LogP contribution in [0.5, 0.6) is 0 Å². The Bertz CT molecular complexity index is 285. The quantitative estimate of drug-likeness (QED) is 0.528. The number of aliphatic hydroxyl groups excluding tert-OH is 1. The molecular formula is C13H23ClN2O. The van der Waals surface area contributed by atoms with Gasteiger partial charge in [0.2, 0.25) is 0 Å². The molecule has 3 nitrogen and oxygen atoms in total. The van der Waals surface area contributed by atoms with Crippen LogP contribution in [0.2, 0.25) is 0 Å². The van der Waals surface area contributed by atoms with Crippen LogP contribution in [0, 0.1) is 5.92 Å². The zero-order chi connectivity index (χ0) is 12.7. The Morgan fingerprint density at radius 1 is 1.24 bits per heavy atom. The van der Waals surface area contributed by atoms with Crippen molar-refractivity contribution in [2.24, 2.45) is 15.9 Å². The number of alkyl halides is 1. The van der Waals surface area contributed by atoms with E-state index in [2.05, 4.69) is 16.9 Å². The maximum absolute atomic E-state index is 9.27. The first-order chi connectivity index (χ1) is 8.11. The number of nitrogens with zero attached hydrogens (tertiary/aromatic N) is 2. The van der Waals surface area contributed by atoms with Gasteiger partial charge in [-0.05, 0) is 45.4 Å². The van der Waals surface area contributed by atoms with Gasteiger partial charge in [-0.1, -0.05) is 0 Å². The minimum atomic E-state index is -0.517. The Morgan fingerprint density at radius 2 is 1.82 bits per heavy atom. The largest absolute Gasteiger partial charge is 0.390 e. The third-order valence-corrected chi connectivity index (χ3v) is 3.27. The van der Waals surface area contributed by atoms with Crippen molar-refractivity contribution in [1.29, 1.82) is 0 Å². The molecule has 0 aliphatic heterocycles. The monoisotopic (exact) mass is 258 g/mol. The molecule has 0 aromatic heterocycles. The molecule has 0 radical (unpaired) electrons. The number of aliphatic imine (C=N–C) groups is 2.